The molecule has 1 aliphatic heterocycles. The van der Waals surface area contributed by atoms with Crippen molar-refractivity contribution in [1.82, 2.24) is 0 Å². The normalized spacial score (nSPS) is 13.6. The Bertz CT molecular complexity index is 1530. The molecule has 0 N–H and O–H groups in total. The molecule has 9 heteroatoms. The second kappa shape index (κ2) is 11.5. The van der Waals surface area contributed by atoms with Crippen LogP contribution in [0, 0.1) is 0 Å². The molecule has 39 heavy (non-hydrogen) atoms. The van der Waals surface area contributed by atoms with Gasteiger partial charge in [-0.15, -0.1) is 0 Å². The van der Waals surface area contributed by atoms with E-state index in [0.29, 0.717) is 16.9 Å². The van der Waals surface area contributed by atoms with Crippen LogP contribution in [0.4, 0.5) is 16.2 Å². The number of barbiturate groups is 1. The maximum Gasteiger partial charge on any atom is 0.343 e. The van der Waals surface area contributed by atoms with Gasteiger partial charge in [-0.2, -0.15) is 0 Å². The fourth-order valence-corrected chi connectivity index (χ4v) is 4.90. The number of nitrogens with zero attached hydrogens (tertiary/aromatic N) is 2. The predicted octanol–water partition coefficient (Wildman–Crippen LogP) is 7.92. The molecule has 194 valence electrons. The van der Waals surface area contributed by atoms with Gasteiger partial charge >= 0.3 is 6.03 Å². The second-order valence-corrected chi connectivity index (χ2v) is 10.3. The maximum absolute atomic E-state index is 13.7. The Labute approximate surface area is 243 Å². The van der Waals surface area contributed by atoms with Gasteiger partial charge in [0.1, 0.15) is 17.9 Å². The number of carbonyl (C=O) groups excluding carboxylic acids is 3. The number of hydrogen-bond donors (Lipinski definition) is 0. The molecule has 1 aliphatic rings. The van der Waals surface area contributed by atoms with Crippen molar-refractivity contribution < 1.29 is 19.1 Å². The Kier molecular flexibility index (Phi) is 7.84. The van der Waals surface area contributed by atoms with E-state index in [2.05, 4.69) is 15.9 Å². The van der Waals surface area contributed by atoms with Crippen LogP contribution < -0.4 is 14.5 Å². The van der Waals surface area contributed by atoms with Gasteiger partial charge in [-0.05, 0) is 60.2 Å². The first kappa shape index (κ1) is 26.7. The lowest BCUT2D eigenvalue weighted by Crippen LogP contribution is -2.57. The van der Waals surface area contributed by atoms with Crippen LogP contribution in [-0.2, 0) is 16.2 Å². The molecule has 0 unspecified atom stereocenters. The average molecular weight is 622 g/mol. The molecule has 1 heterocycles. The van der Waals surface area contributed by atoms with Crippen LogP contribution in [0.25, 0.3) is 6.08 Å². The van der Waals surface area contributed by atoms with Crippen LogP contribution in [0.3, 0.4) is 0 Å². The van der Waals surface area contributed by atoms with Crippen LogP contribution >= 0.6 is 39.1 Å². The molecule has 5 rings (SSSR count). The molecule has 0 spiro atoms. The van der Waals surface area contributed by atoms with Gasteiger partial charge in [-0.3, -0.25) is 9.59 Å². The summed E-state index contributed by atoms with van der Waals surface area (Å²) in [4.78, 5) is 42.8. The van der Waals surface area contributed by atoms with Crippen LogP contribution in [0.2, 0.25) is 10.0 Å². The summed E-state index contributed by atoms with van der Waals surface area (Å²) in [5, 5.41) is 0.493. The van der Waals surface area contributed by atoms with Crippen LogP contribution in [0.5, 0.6) is 5.75 Å². The fourth-order valence-electron chi connectivity index (χ4n) is 4.07. The number of halogens is 3. The zero-order chi connectivity index (χ0) is 27.5. The summed E-state index contributed by atoms with van der Waals surface area (Å²) in [5.74, 6) is -1.32. The molecule has 4 amide bonds. The monoisotopic (exact) mass is 620 g/mol. The molecule has 0 atom stereocenters. The van der Waals surface area contributed by atoms with E-state index in [-0.39, 0.29) is 28.0 Å². The SMILES string of the molecule is O=C1C(=Cc2cc(Cl)cc(Cl)c2OCc2ccc(Br)cc2)C(=O)N(c2ccccc2)C(=O)N1c1ccccc1. The minimum atomic E-state index is -0.782. The minimum absolute atomic E-state index is 0.178. The molecular weight excluding hydrogens is 603 g/mol. The molecule has 0 radical (unpaired) electrons. The van der Waals surface area contributed by atoms with E-state index in [4.69, 9.17) is 27.9 Å². The van der Waals surface area contributed by atoms with Crippen molar-refractivity contribution in [1.29, 1.82) is 0 Å². The van der Waals surface area contributed by atoms with Crippen molar-refractivity contribution in [2.75, 3.05) is 9.80 Å². The lowest BCUT2D eigenvalue weighted by Gasteiger charge is -2.34. The third kappa shape index (κ3) is 5.61. The summed E-state index contributed by atoms with van der Waals surface area (Å²) in [5.41, 5.74) is 1.58. The smallest absolute Gasteiger partial charge is 0.343 e. The van der Waals surface area contributed by atoms with Gasteiger partial charge in [-0.25, -0.2) is 14.6 Å². The van der Waals surface area contributed by atoms with Crippen molar-refractivity contribution in [3.8, 4) is 5.75 Å². The third-order valence-electron chi connectivity index (χ3n) is 5.91. The average Bonchev–Trinajstić information content (AvgIpc) is 2.93. The molecule has 1 fully saturated rings. The van der Waals surface area contributed by atoms with E-state index < -0.39 is 17.8 Å². The van der Waals surface area contributed by atoms with Crippen molar-refractivity contribution >= 4 is 74.4 Å². The summed E-state index contributed by atoms with van der Waals surface area (Å²) >= 11 is 16.2. The van der Waals surface area contributed by atoms with Gasteiger partial charge in [0.15, 0.2) is 0 Å². The number of benzene rings is 4. The zero-order valence-electron chi connectivity index (χ0n) is 20.2. The Morgan fingerprint density at radius 3 is 1.82 bits per heavy atom. The van der Waals surface area contributed by atoms with Crippen molar-refractivity contribution in [3.63, 3.8) is 0 Å². The molecule has 0 bridgehead atoms. The summed E-state index contributed by atoms with van der Waals surface area (Å²) in [7, 11) is 0. The molecule has 4 aromatic carbocycles. The van der Waals surface area contributed by atoms with E-state index in [1.54, 1.807) is 66.7 Å². The van der Waals surface area contributed by atoms with Crippen LogP contribution in [-0.4, -0.2) is 17.8 Å². The molecule has 1 saturated heterocycles. The fraction of sp³-hybridized carbons (Fsp3) is 0.0333. The molecular formula is C30H19BrCl2N2O4. The van der Waals surface area contributed by atoms with E-state index in [9.17, 15) is 14.4 Å². The third-order valence-corrected chi connectivity index (χ3v) is 6.94. The topological polar surface area (TPSA) is 66.9 Å². The minimum Gasteiger partial charge on any atom is -0.487 e. The quantitative estimate of drug-likeness (QED) is 0.162. The number of amides is 4. The summed E-state index contributed by atoms with van der Waals surface area (Å²) in [6, 6.07) is 26.7. The highest BCUT2D eigenvalue weighted by molar-refractivity contribution is 9.10. The number of anilines is 2. The number of hydrogen-bond acceptors (Lipinski definition) is 4. The summed E-state index contributed by atoms with van der Waals surface area (Å²) in [6.07, 6.45) is 1.36. The Morgan fingerprint density at radius 2 is 1.28 bits per heavy atom. The molecule has 4 aromatic rings. The van der Waals surface area contributed by atoms with Crippen LogP contribution in [0.1, 0.15) is 11.1 Å². The van der Waals surface area contributed by atoms with E-state index in [1.165, 1.54) is 12.1 Å². The first-order valence-corrected chi connectivity index (χ1v) is 13.3. The highest BCUT2D eigenvalue weighted by Gasteiger charge is 2.43. The van der Waals surface area contributed by atoms with Crippen molar-refractivity contribution in [3.05, 3.63) is 128 Å². The Hall–Kier alpha value is -3.91. The first-order valence-electron chi connectivity index (χ1n) is 11.7. The number of ether oxygens (including phenoxy) is 1. The molecule has 0 aliphatic carbocycles. The Balaban J connectivity index is 1.60. The summed E-state index contributed by atoms with van der Waals surface area (Å²) in [6.45, 7) is 0.178. The number of para-hydroxylation sites is 2. The van der Waals surface area contributed by atoms with Crippen LogP contribution in [0.15, 0.2) is 107 Å². The largest absolute Gasteiger partial charge is 0.487 e. The second-order valence-electron chi connectivity index (χ2n) is 8.51. The number of imide groups is 2. The maximum atomic E-state index is 13.7. The van der Waals surface area contributed by atoms with Gasteiger partial charge in [0.2, 0.25) is 0 Å². The van der Waals surface area contributed by atoms with Gasteiger partial charge in [0.05, 0.1) is 16.4 Å². The van der Waals surface area contributed by atoms with Gasteiger partial charge in [0.25, 0.3) is 11.8 Å². The molecule has 6 nitrogen and oxygen atoms in total. The number of carbonyl (C=O) groups is 3. The van der Waals surface area contributed by atoms with Crippen molar-refractivity contribution in [2.24, 2.45) is 0 Å². The van der Waals surface area contributed by atoms with Gasteiger partial charge in [-0.1, -0.05) is 87.7 Å². The lowest BCUT2D eigenvalue weighted by atomic mass is 10.0. The van der Waals surface area contributed by atoms with E-state index >= 15 is 0 Å². The predicted molar refractivity (Wildman–Crippen MR) is 156 cm³/mol. The highest BCUT2D eigenvalue weighted by atomic mass is 79.9. The highest BCUT2D eigenvalue weighted by Crippen LogP contribution is 2.36. The summed E-state index contributed by atoms with van der Waals surface area (Å²) < 4.78 is 6.96. The van der Waals surface area contributed by atoms with Gasteiger partial charge < -0.3 is 4.74 Å². The van der Waals surface area contributed by atoms with E-state index in [1.807, 2.05) is 24.3 Å². The zero-order valence-corrected chi connectivity index (χ0v) is 23.3. The number of rotatable bonds is 6. The number of urea groups is 1. The van der Waals surface area contributed by atoms with E-state index in [0.717, 1.165) is 19.8 Å². The molecule has 0 aromatic heterocycles. The van der Waals surface area contributed by atoms with Gasteiger partial charge in [0, 0.05) is 15.1 Å². The first-order chi connectivity index (χ1) is 18.8. The van der Waals surface area contributed by atoms with Crippen molar-refractivity contribution in [2.45, 2.75) is 6.61 Å². The molecule has 0 saturated carbocycles. The standard InChI is InChI=1S/C30H19BrCl2N2O4/c31-21-13-11-19(12-14-21)18-39-27-20(15-22(32)17-26(27)33)16-25-28(36)34(23-7-3-1-4-8-23)30(38)35(29(25)37)24-9-5-2-6-10-24/h1-17H,18H2. The Morgan fingerprint density at radius 1 is 0.744 bits per heavy atom. The lowest BCUT2D eigenvalue weighted by molar-refractivity contribution is -0.121.